The number of nitrogens with zero attached hydrogens (tertiary/aromatic N) is 2. The number of carbonyl (C=O) groups excluding carboxylic acids is 1. The molecule has 0 aliphatic carbocycles. The summed E-state index contributed by atoms with van der Waals surface area (Å²) in [6.07, 6.45) is 0. The zero-order chi connectivity index (χ0) is 13.7. The Morgan fingerprint density at radius 3 is 2.95 bits per heavy atom. The van der Waals surface area contributed by atoms with E-state index >= 15 is 0 Å². The second-order valence-electron chi connectivity index (χ2n) is 3.99. The Morgan fingerprint density at radius 1 is 1.42 bits per heavy atom. The van der Waals surface area contributed by atoms with Crippen molar-refractivity contribution in [3.05, 3.63) is 35.7 Å². The quantitative estimate of drug-likeness (QED) is 0.905. The SMILES string of the molecule is CNC(=O)CSCc1nc(-c2ccccc2C)no1. The topological polar surface area (TPSA) is 68.0 Å². The third-order valence-electron chi connectivity index (χ3n) is 2.59. The van der Waals surface area contributed by atoms with Crippen LogP contribution in [0.3, 0.4) is 0 Å². The van der Waals surface area contributed by atoms with Gasteiger partial charge in [-0.05, 0) is 12.5 Å². The number of rotatable bonds is 5. The molecule has 0 bridgehead atoms. The molecule has 19 heavy (non-hydrogen) atoms. The molecule has 0 spiro atoms. The van der Waals surface area contributed by atoms with Crippen LogP contribution in [0.1, 0.15) is 11.5 Å². The molecule has 1 heterocycles. The smallest absolute Gasteiger partial charge is 0.236 e. The minimum atomic E-state index is -0.0105. The van der Waals surface area contributed by atoms with Crippen molar-refractivity contribution in [3.63, 3.8) is 0 Å². The van der Waals surface area contributed by atoms with Gasteiger partial charge in [-0.2, -0.15) is 4.98 Å². The number of aromatic nitrogens is 2. The maximum Gasteiger partial charge on any atom is 0.236 e. The van der Waals surface area contributed by atoms with E-state index in [1.807, 2.05) is 31.2 Å². The molecule has 0 saturated heterocycles. The van der Waals surface area contributed by atoms with Crippen LogP contribution in [0.15, 0.2) is 28.8 Å². The molecule has 5 nitrogen and oxygen atoms in total. The number of amides is 1. The summed E-state index contributed by atoms with van der Waals surface area (Å²) in [5.41, 5.74) is 2.07. The minimum absolute atomic E-state index is 0.0105. The van der Waals surface area contributed by atoms with Crippen LogP contribution < -0.4 is 5.32 Å². The Kier molecular flexibility index (Phi) is 4.57. The van der Waals surface area contributed by atoms with Crippen molar-refractivity contribution in [3.8, 4) is 11.4 Å². The van der Waals surface area contributed by atoms with Gasteiger partial charge in [0.2, 0.25) is 17.6 Å². The van der Waals surface area contributed by atoms with Crippen LogP contribution in [-0.2, 0) is 10.5 Å². The Hall–Kier alpha value is -1.82. The maximum absolute atomic E-state index is 11.1. The van der Waals surface area contributed by atoms with Crippen LogP contribution in [0.4, 0.5) is 0 Å². The largest absolute Gasteiger partial charge is 0.358 e. The monoisotopic (exact) mass is 277 g/mol. The number of nitrogens with one attached hydrogen (secondary N) is 1. The highest BCUT2D eigenvalue weighted by atomic mass is 32.2. The Balaban J connectivity index is 2.00. The molecule has 0 fully saturated rings. The summed E-state index contributed by atoms with van der Waals surface area (Å²) >= 11 is 1.44. The second-order valence-corrected chi connectivity index (χ2v) is 4.98. The molecule has 1 aromatic carbocycles. The lowest BCUT2D eigenvalue weighted by Crippen LogP contribution is -2.19. The molecule has 100 valence electrons. The van der Waals surface area contributed by atoms with Gasteiger partial charge in [0.1, 0.15) is 0 Å². The van der Waals surface area contributed by atoms with Gasteiger partial charge in [-0.25, -0.2) is 0 Å². The Labute approximate surface area is 115 Å². The van der Waals surface area contributed by atoms with Crippen molar-refractivity contribution >= 4 is 17.7 Å². The molecule has 1 aromatic heterocycles. The molecule has 2 aromatic rings. The number of carbonyl (C=O) groups is 1. The van der Waals surface area contributed by atoms with E-state index in [0.717, 1.165) is 11.1 Å². The van der Waals surface area contributed by atoms with Crippen LogP contribution in [0.5, 0.6) is 0 Å². The summed E-state index contributed by atoms with van der Waals surface area (Å²) in [7, 11) is 1.62. The van der Waals surface area contributed by atoms with E-state index in [0.29, 0.717) is 23.2 Å². The van der Waals surface area contributed by atoms with Crippen molar-refractivity contribution in [1.82, 2.24) is 15.5 Å². The summed E-state index contributed by atoms with van der Waals surface area (Å²) in [5.74, 6) is 2.04. The van der Waals surface area contributed by atoms with Crippen LogP contribution in [0, 0.1) is 6.92 Å². The van der Waals surface area contributed by atoms with E-state index < -0.39 is 0 Å². The molecule has 0 aliphatic heterocycles. The number of hydrogen-bond acceptors (Lipinski definition) is 5. The summed E-state index contributed by atoms with van der Waals surface area (Å²) in [4.78, 5) is 15.4. The molecule has 0 saturated carbocycles. The van der Waals surface area contributed by atoms with Crippen LogP contribution in [0.2, 0.25) is 0 Å². The fourth-order valence-electron chi connectivity index (χ4n) is 1.55. The number of aryl methyl sites for hydroxylation is 1. The Bertz CT molecular complexity index is 569. The van der Waals surface area contributed by atoms with Gasteiger partial charge in [-0.3, -0.25) is 4.79 Å². The molecule has 0 atom stereocenters. The number of benzene rings is 1. The summed E-state index contributed by atoms with van der Waals surface area (Å²) < 4.78 is 5.18. The van der Waals surface area contributed by atoms with E-state index in [-0.39, 0.29) is 5.91 Å². The normalized spacial score (nSPS) is 10.4. The average Bonchev–Trinajstić information content (AvgIpc) is 2.87. The zero-order valence-electron chi connectivity index (χ0n) is 10.8. The van der Waals surface area contributed by atoms with Gasteiger partial charge in [0, 0.05) is 12.6 Å². The predicted octanol–water partition coefficient (Wildman–Crippen LogP) is 2.02. The second kappa shape index (κ2) is 6.38. The molecular formula is C13H15N3O2S. The maximum atomic E-state index is 11.1. The van der Waals surface area contributed by atoms with Gasteiger partial charge in [-0.1, -0.05) is 29.4 Å². The third-order valence-corrected chi connectivity index (χ3v) is 3.51. The van der Waals surface area contributed by atoms with Crippen LogP contribution >= 0.6 is 11.8 Å². The van der Waals surface area contributed by atoms with Gasteiger partial charge in [0.15, 0.2) is 0 Å². The van der Waals surface area contributed by atoms with Crippen LogP contribution in [-0.4, -0.2) is 28.8 Å². The van der Waals surface area contributed by atoms with Crippen molar-refractivity contribution in [1.29, 1.82) is 0 Å². The summed E-state index contributed by atoms with van der Waals surface area (Å²) in [5, 5.41) is 6.53. The minimum Gasteiger partial charge on any atom is -0.358 e. The lowest BCUT2D eigenvalue weighted by atomic mass is 10.1. The van der Waals surface area contributed by atoms with Gasteiger partial charge < -0.3 is 9.84 Å². The Morgan fingerprint density at radius 2 is 2.21 bits per heavy atom. The fourth-order valence-corrected chi connectivity index (χ4v) is 2.27. The molecule has 0 radical (unpaired) electrons. The van der Waals surface area contributed by atoms with Gasteiger partial charge in [-0.15, -0.1) is 11.8 Å². The van der Waals surface area contributed by atoms with Gasteiger partial charge in [0.05, 0.1) is 11.5 Å². The third kappa shape index (κ3) is 3.57. The molecule has 0 aliphatic rings. The predicted molar refractivity (Wildman–Crippen MR) is 74.7 cm³/mol. The molecule has 6 heteroatoms. The highest BCUT2D eigenvalue weighted by molar-refractivity contribution is 7.99. The molecule has 0 unspecified atom stereocenters. The van der Waals surface area contributed by atoms with Crippen molar-refractivity contribution in [2.75, 3.05) is 12.8 Å². The first kappa shape index (κ1) is 13.6. The van der Waals surface area contributed by atoms with E-state index in [1.165, 1.54) is 11.8 Å². The van der Waals surface area contributed by atoms with E-state index in [2.05, 4.69) is 15.5 Å². The first-order valence-corrected chi connectivity index (χ1v) is 7.03. The molecule has 2 rings (SSSR count). The van der Waals surface area contributed by atoms with Gasteiger partial charge >= 0.3 is 0 Å². The van der Waals surface area contributed by atoms with Crippen molar-refractivity contribution in [2.45, 2.75) is 12.7 Å². The summed E-state index contributed by atoms with van der Waals surface area (Å²) in [6, 6.07) is 7.88. The van der Waals surface area contributed by atoms with E-state index in [9.17, 15) is 4.79 Å². The van der Waals surface area contributed by atoms with E-state index in [1.54, 1.807) is 7.05 Å². The molecular weight excluding hydrogens is 262 g/mol. The highest BCUT2D eigenvalue weighted by Crippen LogP contribution is 2.21. The lowest BCUT2D eigenvalue weighted by Gasteiger charge is -1.98. The van der Waals surface area contributed by atoms with Gasteiger partial charge in [0.25, 0.3) is 0 Å². The van der Waals surface area contributed by atoms with Crippen molar-refractivity contribution in [2.24, 2.45) is 0 Å². The lowest BCUT2D eigenvalue weighted by molar-refractivity contribution is -0.118. The molecule has 1 N–H and O–H groups in total. The standard InChI is InChI=1S/C13H15N3O2S/c1-9-5-3-4-6-10(9)13-15-12(18-16-13)8-19-7-11(17)14-2/h3-6H,7-8H2,1-2H3,(H,14,17). The molecule has 1 amide bonds. The zero-order valence-corrected chi connectivity index (χ0v) is 11.7. The number of hydrogen-bond donors (Lipinski definition) is 1. The van der Waals surface area contributed by atoms with Crippen LogP contribution in [0.25, 0.3) is 11.4 Å². The first-order valence-electron chi connectivity index (χ1n) is 5.87. The first-order chi connectivity index (χ1) is 9.20. The highest BCUT2D eigenvalue weighted by Gasteiger charge is 2.10. The average molecular weight is 277 g/mol. The van der Waals surface area contributed by atoms with E-state index in [4.69, 9.17) is 4.52 Å². The fraction of sp³-hybridized carbons (Fsp3) is 0.308. The number of thioether (sulfide) groups is 1. The van der Waals surface area contributed by atoms with Crippen molar-refractivity contribution < 1.29 is 9.32 Å². The summed E-state index contributed by atoms with van der Waals surface area (Å²) in [6.45, 7) is 2.01.